The molecular weight excluding hydrogens is 240 g/mol. The van der Waals surface area contributed by atoms with Crippen LogP contribution in [0.4, 0.5) is 4.79 Å². The molecule has 0 saturated heterocycles. The van der Waals surface area contributed by atoms with E-state index in [0.29, 0.717) is 0 Å². The molecule has 11 heteroatoms. The van der Waals surface area contributed by atoms with E-state index in [9.17, 15) is 0 Å². The Morgan fingerprint density at radius 2 is 1.17 bits per heavy atom. The first kappa shape index (κ1) is 29.4. The van der Waals surface area contributed by atoms with Crippen LogP contribution in [0.2, 0.25) is 0 Å². The van der Waals surface area contributed by atoms with Crippen molar-refractivity contribution in [1.29, 1.82) is 0 Å². The van der Waals surface area contributed by atoms with Gasteiger partial charge < -0.3 is 29.7 Å². The minimum absolute atomic E-state index is 0. The zero-order chi connectivity index (χ0) is 8.08. The van der Waals surface area contributed by atoms with Gasteiger partial charge in [-0.1, -0.05) is 0 Å². The average molecular weight is 242 g/mol. The largest absolute Gasteiger partial charge is 1.00 e. The molecule has 0 aliphatic heterocycles. The maximum atomic E-state index is 8.77. The first-order valence-corrected chi connectivity index (χ1v) is 2.91. The van der Waals surface area contributed by atoms with Gasteiger partial charge in [-0.2, -0.15) is 0 Å². The fourth-order valence-electron chi connectivity index (χ4n) is 0. The molecule has 0 heterocycles. The van der Waals surface area contributed by atoms with Crippen molar-refractivity contribution in [2.45, 2.75) is 0 Å². The third-order valence-corrected chi connectivity index (χ3v) is 0. The molecule has 56 valence electrons. The first-order chi connectivity index (χ1) is 3.73. The van der Waals surface area contributed by atoms with Crippen LogP contribution < -0.4 is 126 Å². The molecule has 0 aromatic carbocycles. The maximum absolute atomic E-state index is 8.77. The number of hydrogen-bond acceptors (Lipinski definition) is 5. The summed E-state index contributed by atoms with van der Waals surface area (Å²) in [5.74, 6) is 0. The predicted molar refractivity (Wildman–Crippen MR) is 17.4 cm³/mol. The van der Waals surface area contributed by atoms with Crippen LogP contribution in [0.1, 0.15) is 0 Å². The Kier molecular flexibility index (Phi) is 40.3. The normalized spacial score (nSPS) is 6.92. The van der Waals surface area contributed by atoms with E-state index in [1.807, 2.05) is 0 Å². The molecule has 0 amide bonds. The van der Waals surface area contributed by atoms with Crippen molar-refractivity contribution >= 4 is 14.0 Å². The fourth-order valence-corrected chi connectivity index (χ4v) is 0. The number of phosphoric acid groups is 1. The number of carboxylic acid groups (broad SMARTS) is 2. The smallest absolute Gasteiger partial charge is 0.756 e. The summed E-state index contributed by atoms with van der Waals surface area (Å²) in [6, 6.07) is 0. The van der Waals surface area contributed by atoms with E-state index >= 15 is 0 Å². The Morgan fingerprint density at radius 3 is 1.17 bits per heavy atom. The molecule has 0 bridgehead atoms. The second kappa shape index (κ2) is 16.4. The number of carbonyl (C=O) groups excluding carboxylic acids is 1. The third-order valence-electron chi connectivity index (χ3n) is 0. The van der Waals surface area contributed by atoms with Crippen LogP contribution in [0.5, 0.6) is 0 Å². The summed E-state index contributed by atoms with van der Waals surface area (Å²) in [5, 5.41) is 16.7. The molecule has 0 aliphatic rings. The number of carbonyl (C=O) groups is 1. The Morgan fingerprint density at radius 1 is 1.17 bits per heavy atom. The first-order valence-electron chi connectivity index (χ1n) is 1.38. The Bertz CT molecular complexity index is 121. The van der Waals surface area contributed by atoms with Crippen LogP contribution >= 0.6 is 7.82 Å². The molecule has 0 aromatic heterocycles. The summed E-state index contributed by atoms with van der Waals surface area (Å²) in [5.41, 5.74) is 0. The summed E-state index contributed by atoms with van der Waals surface area (Å²) < 4.78 is 8.77. The van der Waals surface area contributed by atoms with Gasteiger partial charge in [0, 0.05) is 0 Å². The summed E-state index contributed by atoms with van der Waals surface area (Å²) in [4.78, 5) is 31.3. The van der Waals surface area contributed by atoms with Gasteiger partial charge in [0.2, 0.25) is 0 Å². The van der Waals surface area contributed by atoms with Gasteiger partial charge >= 0.3 is 110 Å². The monoisotopic (exact) mass is 242 g/mol. The van der Waals surface area contributed by atoms with Crippen molar-refractivity contribution in [3.8, 4) is 0 Å². The van der Waals surface area contributed by atoms with Gasteiger partial charge in [-0.25, -0.2) is 0 Å². The zero-order valence-electron chi connectivity index (χ0n) is 6.88. The van der Waals surface area contributed by atoms with Gasteiger partial charge in [0.1, 0.15) is 0 Å². The topological polar surface area (TPSA) is 144 Å². The second-order valence-electron chi connectivity index (χ2n) is 0.741. The Hall–Kier alpha value is 3.02. The SMILES string of the molecule is O=C([O-])[O-].O=P([O-])(O)O.[K+].[Na+].[Na+]. The molecule has 12 heavy (non-hydrogen) atoms. The van der Waals surface area contributed by atoms with Crippen LogP contribution in [0.15, 0.2) is 0 Å². The van der Waals surface area contributed by atoms with Crippen LogP contribution in [0.25, 0.3) is 0 Å². The van der Waals surface area contributed by atoms with Crippen molar-refractivity contribution < 1.29 is 145 Å². The van der Waals surface area contributed by atoms with E-state index in [1.54, 1.807) is 0 Å². The molecule has 7 nitrogen and oxygen atoms in total. The molecule has 0 atom stereocenters. The van der Waals surface area contributed by atoms with Crippen molar-refractivity contribution in [3.63, 3.8) is 0 Å². The molecule has 0 aromatic rings. The minimum Gasteiger partial charge on any atom is -0.756 e. The predicted octanol–water partition coefficient (Wildman–Crippen LogP) is -13.0. The quantitative estimate of drug-likeness (QED) is 0.317. The average Bonchev–Trinajstić information content (AvgIpc) is 1.19. The molecule has 0 rings (SSSR count). The van der Waals surface area contributed by atoms with Gasteiger partial charge in [0.25, 0.3) is 7.82 Å². The Labute approximate surface area is 155 Å². The molecule has 2 N–H and O–H groups in total. The van der Waals surface area contributed by atoms with Crippen LogP contribution in [-0.2, 0) is 4.57 Å². The zero-order valence-corrected chi connectivity index (χ0v) is 14.9. The molecule has 0 aliphatic carbocycles. The summed E-state index contributed by atoms with van der Waals surface area (Å²) in [6.07, 6.45) is -2.33. The van der Waals surface area contributed by atoms with Gasteiger partial charge in [-0.05, 0) is 6.16 Å². The second-order valence-corrected chi connectivity index (χ2v) is 1.72. The summed E-state index contributed by atoms with van der Waals surface area (Å²) in [6.45, 7) is 0. The van der Waals surface area contributed by atoms with Gasteiger partial charge in [-0.15, -0.1) is 0 Å². The van der Waals surface area contributed by atoms with Gasteiger partial charge in [-0.3, -0.25) is 4.57 Å². The van der Waals surface area contributed by atoms with Crippen molar-refractivity contribution in [1.82, 2.24) is 0 Å². The van der Waals surface area contributed by atoms with Gasteiger partial charge in [0.15, 0.2) is 0 Å². The van der Waals surface area contributed by atoms with E-state index in [-0.39, 0.29) is 110 Å². The maximum Gasteiger partial charge on any atom is 1.00 e. The van der Waals surface area contributed by atoms with Crippen molar-refractivity contribution in [2.24, 2.45) is 0 Å². The molecular formula is CH2KNa2O7P. The van der Waals surface area contributed by atoms with Gasteiger partial charge in [0.05, 0.1) is 0 Å². The van der Waals surface area contributed by atoms with Crippen molar-refractivity contribution in [2.75, 3.05) is 0 Å². The van der Waals surface area contributed by atoms with Crippen LogP contribution in [0, 0.1) is 0 Å². The Balaban J connectivity index is -0.0000000221. The summed E-state index contributed by atoms with van der Waals surface area (Å²) >= 11 is 0. The van der Waals surface area contributed by atoms with Crippen LogP contribution in [0.3, 0.4) is 0 Å². The van der Waals surface area contributed by atoms with E-state index in [4.69, 9.17) is 34.3 Å². The molecule has 0 radical (unpaired) electrons. The van der Waals surface area contributed by atoms with E-state index in [1.165, 1.54) is 0 Å². The summed E-state index contributed by atoms with van der Waals surface area (Å²) in [7, 11) is -4.89. The van der Waals surface area contributed by atoms with E-state index in [2.05, 4.69) is 0 Å². The molecule has 0 unspecified atom stereocenters. The molecule has 0 fully saturated rings. The van der Waals surface area contributed by atoms with E-state index < -0.39 is 14.0 Å². The molecule has 0 spiro atoms. The molecule has 0 saturated carbocycles. The van der Waals surface area contributed by atoms with Crippen LogP contribution in [-0.4, -0.2) is 15.9 Å². The standard InChI is InChI=1S/CH2O3.K.2Na.H3O4P/c2-1(3)4;;;;1-5(2,3)4/h(H2,2,3,4);;;;(H3,1,2,3,4)/q;3*+1;/p-3. The third kappa shape index (κ3) is 207. The minimum atomic E-state index is -4.89. The van der Waals surface area contributed by atoms with Crippen molar-refractivity contribution in [3.05, 3.63) is 0 Å². The number of hydrogen-bond donors (Lipinski definition) is 2. The van der Waals surface area contributed by atoms with E-state index in [0.717, 1.165) is 0 Å². The fraction of sp³-hybridized carbons (Fsp3) is 0. The number of rotatable bonds is 0.